The smallest absolute Gasteiger partial charge is 0.412 e. The van der Waals surface area contributed by atoms with Gasteiger partial charge in [0.2, 0.25) is 5.78 Å². The third kappa shape index (κ3) is 3.72. The summed E-state index contributed by atoms with van der Waals surface area (Å²) >= 11 is 0. The highest BCUT2D eigenvalue weighted by Crippen LogP contribution is 2.52. The minimum absolute atomic E-state index is 0.0432. The van der Waals surface area contributed by atoms with Gasteiger partial charge in [-0.05, 0) is 51.2 Å². The predicted octanol–water partition coefficient (Wildman–Crippen LogP) is 1.77. The molecule has 3 aliphatic carbocycles. The number of nitrogens with one attached hydrogen (secondary N) is 1. The Morgan fingerprint density at radius 2 is 1.80 bits per heavy atom. The summed E-state index contributed by atoms with van der Waals surface area (Å²) in [6, 6.07) is 2.99. The molecule has 7 N–H and O–H groups in total. The Bertz CT molecular complexity index is 1250. The van der Waals surface area contributed by atoms with Crippen molar-refractivity contribution in [1.29, 1.82) is 0 Å². The number of rotatable bonds is 2. The van der Waals surface area contributed by atoms with E-state index in [2.05, 4.69) is 5.32 Å². The van der Waals surface area contributed by atoms with Crippen molar-refractivity contribution >= 4 is 35.0 Å². The maximum atomic E-state index is 13.5. The summed E-state index contributed by atoms with van der Waals surface area (Å²) in [5.41, 5.74) is 0.914. The summed E-state index contributed by atoms with van der Waals surface area (Å²) in [6.45, 7) is 4.98. The van der Waals surface area contributed by atoms with E-state index in [4.69, 9.17) is 10.5 Å². The quantitative estimate of drug-likeness (QED) is 0.266. The molecule has 0 heterocycles. The van der Waals surface area contributed by atoms with E-state index >= 15 is 0 Å². The van der Waals surface area contributed by atoms with E-state index in [-0.39, 0.29) is 36.1 Å². The highest BCUT2D eigenvalue weighted by molar-refractivity contribution is 6.22. The molecule has 0 radical (unpaired) electrons. The number of primary amides is 1. The van der Waals surface area contributed by atoms with Crippen LogP contribution < -0.4 is 11.1 Å². The van der Waals surface area contributed by atoms with Gasteiger partial charge in [-0.15, -0.1) is 0 Å². The van der Waals surface area contributed by atoms with Crippen molar-refractivity contribution in [2.24, 2.45) is 17.6 Å². The van der Waals surface area contributed by atoms with Gasteiger partial charge in [-0.25, -0.2) is 4.79 Å². The molecule has 0 bridgehead atoms. The van der Waals surface area contributed by atoms with Gasteiger partial charge in [-0.2, -0.15) is 0 Å². The molecule has 1 aromatic rings. The second-order valence-electron chi connectivity index (χ2n) is 10.0. The van der Waals surface area contributed by atoms with Crippen molar-refractivity contribution < 1.29 is 44.3 Å². The minimum Gasteiger partial charge on any atom is -0.508 e. The van der Waals surface area contributed by atoms with Gasteiger partial charge in [0.15, 0.2) is 11.4 Å². The summed E-state index contributed by atoms with van der Waals surface area (Å²) in [7, 11) is 0. The van der Waals surface area contributed by atoms with Crippen molar-refractivity contribution in [3.63, 3.8) is 0 Å². The van der Waals surface area contributed by atoms with Crippen LogP contribution in [0.25, 0.3) is 5.76 Å². The first-order chi connectivity index (χ1) is 16.2. The first-order valence-electron chi connectivity index (χ1n) is 11.0. The number of phenolic OH excluding ortho intramolecular Hbond substituents is 1. The van der Waals surface area contributed by atoms with Crippen LogP contribution in [0.5, 0.6) is 5.75 Å². The van der Waals surface area contributed by atoms with Crippen molar-refractivity contribution in [3.8, 4) is 5.75 Å². The average Bonchev–Trinajstić information content (AvgIpc) is 2.71. The lowest BCUT2D eigenvalue weighted by molar-refractivity contribution is -0.147. The van der Waals surface area contributed by atoms with Crippen LogP contribution in [0.3, 0.4) is 0 Å². The maximum Gasteiger partial charge on any atom is 0.412 e. The SMILES string of the molecule is CC(C)(C)OC(=O)Nc1ccc2c(c1O)C(O)=C1C(=O)[C@]3(O)C(O)=C(C(N)=O)C(=O)C[C@@H]3C[C@@H]1C2. The molecule has 35 heavy (non-hydrogen) atoms. The summed E-state index contributed by atoms with van der Waals surface area (Å²) in [5.74, 6) is -7.09. The second kappa shape index (κ2) is 7.84. The zero-order chi connectivity index (χ0) is 26.0. The van der Waals surface area contributed by atoms with Gasteiger partial charge in [0, 0.05) is 17.9 Å². The highest BCUT2D eigenvalue weighted by Gasteiger charge is 2.60. The molecule has 2 amide bonds. The Labute approximate surface area is 199 Å². The lowest BCUT2D eigenvalue weighted by atomic mass is 9.59. The Morgan fingerprint density at radius 1 is 1.14 bits per heavy atom. The van der Waals surface area contributed by atoms with Crippen molar-refractivity contribution in [1.82, 2.24) is 0 Å². The van der Waals surface area contributed by atoms with E-state index in [0.717, 1.165) is 0 Å². The van der Waals surface area contributed by atoms with Gasteiger partial charge in [-0.1, -0.05) is 6.07 Å². The number of ketones is 2. The number of phenols is 1. The molecule has 1 fully saturated rings. The third-order valence-electron chi connectivity index (χ3n) is 6.57. The van der Waals surface area contributed by atoms with Gasteiger partial charge in [0.1, 0.15) is 28.4 Å². The number of amides is 2. The monoisotopic (exact) mass is 486 g/mol. The number of benzene rings is 1. The fraction of sp³-hybridized carbons (Fsp3) is 0.417. The first kappa shape index (κ1) is 24.3. The van der Waals surface area contributed by atoms with Crippen LogP contribution in [-0.2, 0) is 25.5 Å². The first-order valence-corrected chi connectivity index (χ1v) is 11.0. The van der Waals surface area contributed by atoms with Crippen LogP contribution in [0, 0.1) is 11.8 Å². The molecule has 0 aromatic heterocycles. The van der Waals surface area contributed by atoms with Crippen molar-refractivity contribution in [3.05, 3.63) is 40.2 Å². The molecular weight excluding hydrogens is 460 g/mol. The van der Waals surface area contributed by atoms with Gasteiger partial charge in [0.05, 0.1) is 11.3 Å². The molecule has 11 nitrogen and oxygen atoms in total. The van der Waals surface area contributed by atoms with Crippen LogP contribution >= 0.6 is 0 Å². The largest absolute Gasteiger partial charge is 0.508 e. The number of fused-ring (bicyclic) bond motifs is 3. The van der Waals surface area contributed by atoms with Gasteiger partial charge in [-0.3, -0.25) is 19.7 Å². The van der Waals surface area contributed by atoms with Gasteiger partial charge < -0.3 is 30.9 Å². The lowest BCUT2D eigenvalue weighted by Crippen LogP contribution is -2.58. The van der Waals surface area contributed by atoms with Crippen LogP contribution in [-0.4, -0.2) is 55.2 Å². The van der Waals surface area contributed by atoms with E-state index in [9.17, 15) is 39.6 Å². The van der Waals surface area contributed by atoms with Crippen LogP contribution in [0.2, 0.25) is 0 Å². The van der Waals surface area contributed by atoms with Gasteiger partial charge in [0.25, 0.3) is 5.91 Å². The van der Waals surface area contributed by atoms with E-state index in [1.165, 1.54) is 6.07 Å². The van der Waals surface area contributed by atoms with E-state index in [0.29, 0.717) is 5.56 Å². The van der Waals surface area contributed by atoms with Crippen molar-refractivity contribution in [2.45, 2.75) is 51.2 Å². The predicted molar refractivity (Wildman–Crippen MR) is 121 cm³/mol. The highest BCUT2D eigenvalue weighted by atomic mass is 16.6. The molecule has 3 atom stereocenters. The summed E-state index contributed by atoms with van der Waals surface area (Å²) < 4.78 is 5.17. The molecule has 1 aromatic carbocycles. The van der Waals surface area contributed by atoms with Crippen LogP contribution in [0.4, 0.5) is 10.5 Å². The number of Topliss-reactive ketones (excluding diaryl/α,β-unsaturated/α-hetero) is 2. The lowest BCUT2D eigenvalue weighted by Gasteiger charge is -2.46. The maximum absolute atomic E-state index is 13.5. The molecular formula is C24H26N2O9. The molecule has 0 aliphatic heterocycles. The fourth-order valence-corrected chi connectivity index (χ4v) is 5.11. The van der Waals surface area contributed by atoms with Crippen LogP contribution in [0.1, 0.15) is 44.7 Å². The summed E-state index contributed by atoms with van der Waals surface area (Å²) in [5, 5.41) is 46.1. The topological polar surface area (TPSA) is 196 Å². The number of ether oxygens (including phenoxy) is 1. The third-order valence-corrected chi connectivity index (χ3v) is 6.57. The van der Waals surface area contributed by atoms with E-state index in [1.54, 1.807) is 26.8 Å². The summed E-state index contributed by atoms with van der Waals surface area (Å²) in [4.78, 5) is 49.6. The second-order valence-corrected chi connectivity index (χ2v) is 10.0. The molecule has 0 spiro atoms. The Morgan fingerprint density at radius 3 is 2.40 bits per heavy atom. The zero-order valence-electron chi connectivity index (χ0n) is 19.3. The fourth-order valence-electron chi connectivity index (χ4n) is 5.11. The molecule has 1 saturated carbocycles. The van der Waals surface area contributed by atoms with Crippen LogP contribution in [0.15, 0.2) is 29.0 Å². The average molecular weight is 486 g/mol. The Kier molecular flexibility index (Phi) is 5.44. The van der Waals surface area contributed by atoms with Crippen molar-refractivity contribution in [2.75, 3.05) is 5.32 Å². The number of aliphatic hydroxyl groups excluding tert-OH is 2. The number of hydrogen-bond donors (Lipinski definition) is 6. The number of nitrogens with two attached hydrogens (primary N) is 1. The number of carbonyl (C=O) groups is 4. The molecule has 0 saturated heterocycles. The molecule has 0 unspecified atom stereocenters. The Hall–Kier alpha value is -3.86. The number of aromatic hydroxyl groups is 1. The molecule has 11 heteroatoms. The molecule has 4 rings (SSSR count). The zero-order valence-corrected chi connectivity index (χ0v) is 19.3. The molecule has 3 aliphatic rings. The van der Waals surface area contributed by atoms with E-state index < -0.39 is 69.4 Å². The normalized spacial score (nSPS) is 26.1. The molecule has 186 valence electrons. The summed E-state index contributed by atoms with van der Waals surface area (Å²) in [6.07, 6.45) is -1.01. The number of carbonyl (C=O) groups excluding carboxylic acids is 4. The van der Waals surface area contributed by atoms with E-state index in [1.807, 2.05) is 0 Å². The number of anilines is 1. The number of aliphatic hydroxyl groups is 3. The minimum atomic E-state index is -2.63. The standard InChI is InChI=1S/C24H26N2O9/c1-23(2,3)35-22(33)26-12-5-4-9-6-10-7-11-8-13(27)16(21(25)32)20(31)24(11,34)19(30)15(10)18(29)14(9)17(12)28/h4-5,10-11,28-29,31,34H,6-8H2,1-3H3,(H2,25,32)(H,26,33)/t10-,11-,24-/m0/s1. The Balaban J connectivity index is 1.79. The van der Waals surface area contributed by atoms with Gasteiger partial charge >= 0.3 is 6.09 Å². The number of hydrogen-bond acceptors (Lipinski definition) is 9.